The Labute approximate surface area is 147 Å². The van der Waals surface area contributed by atoms with Gasteiger partial charge < -0.3 is 5.32 Å². The predicted molar refractivity (Wildman–Crippen MR) is 98.4 cm³/mol. The molecule has 1 N–H and O–H groups in total. The highest BCUT2D eigenvalue weighted by Crippen LogP contribution is 2.25. The third-order valence-electron chi connectivity index (χ3n) is 4.34. The Morgan fingerprint density at radius 3 is 2.60 bits per heavy atom. The number of aromatic nitrogens is 3. The second-order valence-corrected chi connectivity index (χ2v) is 6.74. The van der Waals surface area contributed by atoms with Crippen molar-refractivity contribution in [1.29, 1.82) is 0 Å². The van der Waals surface area contributed by atoms with Crippen LogP contribution in [0.25, 0.3) is 0 Å². The summed E-state index contributed by atoms with van der Waals surface area (Å²) in [7, 11) is 0. The maximum absolute atomic E-state index is 12.8. The third-order valence-corrected chi connectivity index (χ3v) is 4.34. The molecule has 3 rings (SSSR count). The van der Waals surface area contributed by atoms with E-state index in [-0.39, 0.29) is 5.91 Å². The van der Waals surface area contributed by atoms with Crippen LogP contribution in [0.4, 0.5) is 5.69 Å². The van der Waals surface area contributed by atoms with E-state index in [1.807, 2.05) is 69.3 Å². The molecule has 0 radical (unpaired) electrons. The number of nitrogens with zero attached hydrogens (tertiary/aromatic N) is 3. The van der Waals surface area contributed by atoms with Crippen LogP contribution in [-0.2, 0) is 16.8 Å². The highest BCUT2D eigenvalue weighted by atomic mass is 16.2. The molecule has 0 atom stereocenters. The molecule has 0 saturated heterocycles. The van der Waals surface area contributed by atoms with E-state index in [1.165, 1.54) is 11.9 Å². The molecule has 5 heteroatoms. The highest BCUT2D eigenvalue weighted by molar-refractivity contribution is 5.98. The number of hydrogen-bond donors (Lipinski definition) is 1. The summed E-state index contributed by atoms with van der Waals surface area (Å²) in [5.74, 6) is -0.0331. The Morgan fingerprint density at radius 1 is 1.16 bits per heavy atom. The van der Waals surface area contributed by atoms with Gasteiger partial charge in [0.1, 0.15) is 12.7 Å². The van der Waals surface area contributed by atoms with Gasteiger partial charge in [0.2, 0.25) is 5.91 Å². The van der Waals surface area contributed by atoms with Gasteiger partial charge in [-0.1, -0.05) is 42.0 Å². The molecule has 0 spiro atoms. The van der Waals surface area contributed by atoms with Crippen molar-refractivity contribution in [3.63, 3.8) is 0 Å². The minimum absolute atomic E-state index is 0.0331. The van der Waals surface area contributed by atoms with E-state index in [2.05, 4.69) is 15.4 Å². The molecule has 1 aromatic heterocycles. The maximum atomic E-state index is 12.8. The van der Waals surface area contributed by atoms with Crippen LogP contribution in [0.1, 0.15) is 30.5 Å². The topological polar surface area (TPSA) is 59.8 Å². The lowest BCUT2D eigenvalue weighted by Gasteiger charge is -2.24. The van der Waals surface area contributed by atoms with Crippen LogP contribution in [0.15, 0.2) is 61.2 Å². The lowest BCUT2D eigenvalue weighted by molar-refractivity contribution is -0.120. The molecule has 128 valence electrons. The molecule has 0 aliphatic carbocycles. The number of carbonyl (C=O) groups excluding carboxylic acids is 1. The summed E-state index contributed by atoms with van der Waals surface area (Å²) in [6, 6.07) is 15.9. The first-order valence-corrected chi connectivity index (χ1v) is 8.25. The van der Waals surface area contributed by atoms with Crippen LogP contribution in [0.3, 0.4) is 0 Å². The van der Waals surface area contributed by atoms with Gasteiger partial charge in [-0.3, -0.25) is 4.79 Å². The summed E-state index contributed by atoms with van der Waals surface area (Å²) in [5, 5.41) is 7.14. The normalized spacial score (nSPS) is 11.3. The van der Waals surface area contributed by atoms with Crippen LogP contribution in [0.5, 0.6) is 0 Å². The lowest BCUT2D eigenvalue weighted by Crippen LogP contribution is -2.34. The Morgan fingerprint density at radius 2 is 1.92 bits per heavy atom. The number of aryl methyl sites for hydroxylation is 1. The summed E-state index contributed by atoms with van der Waals surface area (Å²) in [6.45, 7) is 6.53. The van der Waals surface area contributed by atoms with Crippen molar-refractivity contribution in [2.75, 3.05) is 5.32 Å². The van der Waals surface area contributed by atoms with Gasteiger partial charge in [-0.2, -0.15) is 5.10 Å². The Balaban J connectivity index is 1.75. The van der Waals surface area contributed by atoms with Crippen LogP contribution >= 0.6 is 0 Å². The number of anilines is 1. The van der Waals surface area contributed by atoms with Crippen molar-refractivity contribution in [3.05, 3.63) is 77.9 Å². The number of benzene rings is 2. The fraction of sp³-hybridized carbons (Fsp3) is 0.250. The second-order valence-electron chi connectivity index (χ2n) is 6.74. The molecular weight excluding hydrogens is 312 g/mol. The summed E-state index contributed by atoms with van der Waals surface area (Å²) < 4.78 is 1.75. The van der Waals surface area contributed by atoms with Crippen LogP contribution < -0.4 is 5.32 Å². The number of rotatable bonds is 5. The molecule has 5 nitrogen and oxygen atoms in total. The monoisotopic (exact) mass is 334 g/mol. The van der Waals surface area contributed by atoms with Gasteiger partial charge in [0, 0.05) is 5.69 Å². The molecule has 3 aromatic rings. The van der Waals surface area contributed by atoms with Gasteiger partial charge in [0.15, 0.2) is 0 Å². The second kappa shape index (κ2) is 6.89. The van der Waals surface area contributed by atoms with E-state index in [0.717, 1.165) is 16.8 Å². The van der Waals surface area contributed by atoms with Gasteiger partial charge in [-0.05, 0) is 44.0 Å². The molecule has 0 aliphatic rings. The Kier molecular flexibility index (Phi) is 4.65. The summed E-state index contributed by atoms with van der Waals surface area (Å²) in [6.07, 6.45) is 3.18. The average molecular weight is 334 g/mol. The smallest absolute Gasteiger partial charge is 0.234 e. The third kappa shape index (κ3) is 3.94. The summed E-state index contributed by atoms with van der Waals surface area (Å²) in [5.41, 5.74) is 3.39. The zero-order chi connectivity index (χ0) is 17.9. The summed E-state index contributed by atoms with van der Waals surface area (Å²) in [4.78, 5) is 16.8. The fourth-order valence-electron chi connectivity index (χ4n) is 2.64. The largest absolute Gasteiger partial charge is 0.325 e. The predicted octanol–water partition coefficient (Wildman–Crippen LogP) is 3.55. The first kappa shape index (κ1) is 16.9. The molecular formula is C20H22N4O. The van der Waals surface area contributed by atoms with Gasteiger partial charge in [-0.25, -0.2) is 9.67 Å². The number of hydrogen-bond acceptors (Lipinski definition) is 3. The van der Waals surface area contributed by atoms with Crippen molar-refractivity contribution in [2.45, 2.75) is 32.7 Å². The van der Waals surface area contributed by atoms with Crippen LogP contribution in [0, 0.1) is 6.92 Å². The van der Waals surface area contributed by atoms with Crippen molar-refractivity contribution in [1.82, 2.24) is 14.8 Å². The van der Waals surface area contributed by atoms with E-state index in [1.54, 1.807) is 11.0 Å². The first-order valence-electron chi connectivity index (χ1n) is 8.25. The lowest BCUT2D eigenvalue weighted by atomic mass is 9.83. The zero-order valence-electron chi connectivity index (χ0n) is 14.7. The van der Waals surface area contributed by atoms with Crippen LogP contribution in [-0.4, -0.2) is 20.7 Å². The van der Waals surface area contributed by atoms with E-state index in [9.17, 15) is 4.79 Å². The quantitative estimate of drug-likeness (QED) is 0.776. The highest BCUT2D eigenvalue weighted by Gasteiger charge is 2.29. The average Bonchev–Trinajstić information content (AvgIpc) is 3.08. The molecule has 0 saturated carbocycles. The van der Waals surface area contributed by atoms with Gasteiger partial charge >= 0.3 is 0 Å². The fourth-order valence-corrected chi connectivity index (χ4v) is 2.64. The SMILES string of the molecule is Cc1ccc(C(C)(C)C(=O)Nc2cccc(Cn3cncn3)c2)cc1. The zero-order valence-corrected chi connectivity index (χ0v) is 14.7. The Bertz CT molecular complexity index is 852. The molecule has 1 amide bonds. The molecule has 25 heavy (non-hydrogen) atoms. The molecule has 0 bridgehead atoms. The Hall–Kier alpha value is -2.95. The molecule has 0 fully saturated rings. The van der Waals surface area contributed by atoms with Crippen molar-refractivity contribution in [3.8, 4) is 0 Å². The summed E-state index contributed by atoms with van der Waals surface area (Å²) >= 11 is 0. The van der Waals surface area contributed by atoms with E-state index in [0.29, 0.717) is 6.54 Å². The molecule has 0 unspecified atom stereocenters. The number of nitrogens with one attached hydrogen (secondary N) is 1. The van der Waals surface area contributed by atoms with Crippen molar-refractivity contribution < 1.29 is 4.79 Å². The van der Waals surface area contributed by atoms with E-state index < -0.39 is 5.41 Å². The maximum Gasteiger partial charge on any atom is 0.234 e. The van der Waals surface area contributed by atoms with Crippen LogP contribution in [0.2, 0.25) is 0 Å². The molecule has 2 aromatic carbocycles. The minimum Gasteiger partial charge on any atom is -0.325 e. The number of amides is 1. The minimum atomic E-state index is -0.615. The number of carbonyl (C=O) groups is 1. The van der Waals surface area contributed by atoms with Gasteiger partial charge in [-0.15, -0.1) is 0 Å². The van der Waals surface area contributed by atoms with Gasteiger partial charge in [0.25, 0.3) is 0 Å². The van der Waals surface area contributed by atoms with Gasteiger partial charge in [0.05, 0.1) is 12.0 Å². The molecule has 1 heterocycles. The first-order chi connectivity index (χ1) is 11.9. The molecule has 0 aliphatic heterocycles. The standard InChI is InChI=1S/C20H22N4O/c1-15-7-9-17(10-8-15)20(2,3)19(25)23-18-6-4-5-16(11-18)12-24-14-21-13-22-24/h4-11,13-14H,12H2,1-3H3,(H,23,25). The van der Waals surface area contributed by atoms with E-state index >= 15 is 0 Å². The van der Waals surface area contributed by atoms with Crippen molar-refractivity contribution >= 4 is 11.6 Å². The van der Waals surface area contributed by atoms with E-state index in [4.69, 9.17) is 0 Å². The van der Waals surface area contributed by atoms with Crippen molar-refractivity contribution in [2.24, 2.45) is 0 Å².